The van der Waals surface area contributed by atoms with Crippen molar-refractivity contribution in [2.45, 2.75) is 18.9 Å². The molecule has 2 aromatic rings. The van der Waals surface area contributed by atoms with E-state index >= 15 is 0 Å². The number of hydrogen-bond acceptors (Lipinski definition) is 3. The molecule has 0 saturated heterocycles. The number of carbonyl (C=O) groups excluding carboxylic acids is 3. The van der Waals surface area contributed by atoms with Gasteiger partial charge in [0.25, 0.3) is 5.91 Å². The highest BCUT2D eigenvalue weighted by molar-refractivity contribution is 9.10. The van der Waals surface area contributed by atoms with E-state index in [1.54, 1.807) is 36.4 Å². The maximum Gasteiger partial charge on any atom is 0.319 e. The fourth-order valence-corrected chi connectivity index (χ4v) is 2.58. The summed E-state index contributed by atoms with van der Waals surface area (Å²) in [6, 6.07) is 13.6. The number of halogens is 1. The molecule has 2 aromatic carbocycles. The first-order chi connectivity index (χ1) is 13.0. The Morgan fingerprint density at radius 1 is 0.963 bits per heavy atom. The molecule has 0 unspecified atom stereocenters. The van der Waals surface area contributed by atoms with Gasteiger partial charge in [0.1, 0.15) is 0 Å². The van der Waals surface area contributed by atoms with Gasteiger partial charge >= 0.3 is 6.03 Å². The summed E-state index contributed by atoms with van der Waals surface area (Å²) in [6.07, 6.45) is 2.00. The molecule has 0 atom stereocenters. The average molecular weight is 431 g/mol. The molecule has 3 rings (SSSR count). The van der Waals surface area contributed by atoms with Crippen LogP contribution in [0.15, 0.2) is 53.0 Å². The summed E-state index contributed by atoms with van der Waals surface area (Å²) < 4.78 is 0.910. The fraction of sp³-hybridized carbons (Fsp3) is 0.211. The lowest BCUT2D eigenvalue weighted by atomic mass is 10.2. The van der Waals surface area contributed by atoms with Crippen LogP contribution in [0.5, 0.6) is 0 Å². The topological polar surface area (TPSA) is 99.3 Å². The molecule has 0 heterocycles. The maximum absolute atomic E-state index is 12.2. The van der Waals surface area contributed by atoms with Crippen molar-refractivity contribution in [2.24, 2.45) is 0 Å². The third-order valence-electron chi connectivity index (χ3n) is 3.83. The predicted molar refractivity (Wildman–Crippen MR) is 107 cm³/mol. The second-order valence-electron chi connectivity index (χ2n) is 6.19. The number of anilines is 2. The van der Waals surface area contributed by atoms with Crippen molar-refractivity contribution in [3.8, 4) is 0 Å². The number of carbonyl (C=O) groups is 3. The van der Waals surface area contributed by atoms with Crippen LogP contribution in [-0.4, -0.2) is 30.4 Å². The molecule has 0 radical (unpaired) electrons. The van der Waals surface area contributed by atoms with Crippen molar-refractivity contribution < 1.29 is 14.4 Å². The molecule has 0 spiro atoms. The minimum Gasteiger partial charge on any atom is -0.343 e. The van der Waals surface area contributed by atoms with E-state index in [9.17, 15) is 14.4 Å². The SMILES string of the molecule is O=C(CNC(=O)c1cccc(NC(=O)NC2CC2)c1)Nc1ccc(Br)cc1. The number of hydrogen-bond donors (Lipinski definition) is 4. The lowest BCUT2D eigenvalue weighted by Gasteiger charge is -2.09. The summed E-state index contributed by atoms with van der Waals surface area (Å²) in [5.41, 5.74) is 1.51. The smallest absolute Gasteiger partial charge is 0.319 e. The van der Waals surface area contributed by atoms with Crippen molar-refractivity contribution in [3.63, 3.8) is 0 Å². The number of amides is 4. The lowest BCUT2D eigenvalue weighted by molar-refractivity contribution is -0.115. The highest BCUT2D eigenvalue weighted by Gasteiger charge is 2.23. The molecular weight excluding hydrogens is 412 g/mol. The van der Waals surface area contributed by atoms with E-state index in [0.717, 1.165) is 17.3 Å². The first kappa shape index (κ1) is 18.9. The summed E-state index contributed by atoms with van der Waals surface area (Å²) in [5.74, 6) is -0.726. The zero-order chi connectivity index (χ0) is 19.2. The largest absolute Gasteiger partial charge is 0.343 e. The zero-order valence-corrected chi connectivity index (χ0v) is 16.0. The molecule has 1 fully saturated rings. The summed E-state index contributed by atoms with van der Waals surface area (Å²) >= 11 is 3.32. The standard InChI is InChI=1S/C19H19BrN4O3/c20-13-4-6-14(7-5-13)22-17(25)11-21-18(26)12-2-1-3-16(10-12)24-19(27)23-15-8-9-15/h1-7,10,15H,8-9,11H2,(H,21,26)(H,22,25)(H2,23,24,27). The predicted octanol–water partition coefficient (Wildman–Crippen LogP) is 3.10. The lowest BCUT2D eigenvalue weighted by Crippen LogP contribution is -2.33. The van der Waals surface area contributed by atoms with Gasteiger partial charge in [0.2, 0.25) is 5.91 Å². The molecule has 1 aliphatic rings. The molecule has 27 heavy (non-hydrogen) atoms. The van der Waals surface area contributed by atoms with E-state index in [-0.39, 0.29) is 24.5 Å². The second-order valence-corrected chi connectivity index (χ2v) is 7.11. The first-order valence-corrected chi connectivity index (χ1v) is 9.30. The molecule has 140 valence electrons. The molecule has 8 heteroatoms. The van der Waals surface area contributed by atoms with Crippen LogP contribution in [0.2, 0.25) is 0 Å². The molecule has 0 aromatic heterocycles. The Hall–Kier alpha value is -2.87. The van der Waals surface area contributed by atoms with Crippen LogP contribution in [0.4, 0.5) is 16.2 Å². The Balaban J connectivity index is 1.49. The van der Waals surface area contributed by atoms with E-state index in [4.69, 9.17) is 0 Å². The van der Waals surface area contributed by atoms with Crippen LogP contribution < -0.4 is 21.3 Å². The fourth-order valence-electron chi connectivity index (χ4n) is 2.32. The Bertz CT molecular complexity index is 850. The second kappa shape index (κ2) is 8.68. The van der Waals surface area contributed by atoms with E-state index in [2.05, 4.69) is 37.2 Å². The summed E-state index contributed by atoms with van der Waals surface area (Å²) in [6.45, 7) is -0.158. The van der Waals surface area contributed by atoms with Crippen molar-refractivity contribution >= 4 is 45.2 Å². The monoisotopic (exact) mass is 430 g/mol. The van der Waals surface area contributed by atoms with Crippen molar-refractivity contribution in [1.29, 1.82) is 0 Å². The molecule has 1 aliphatic carbocycles. The number of rotatable bonds is 6. The van der Waals surface area contributed by atoms with Crippen LogP contribution in [0.1, 0.15) is 23.2 Å². The molecular formula is C19H19BrN4O3. The van der Waals surface area contributed by atoms with E-state index < -0.39 is 5.91 Å². The molecule has 1 saturated carbocycles. The highest BCUT2D eigenvalue weighted by Crippen LogP contribution is 2.19. The van der Waals surface area contributed by atoms with Gasteiger partial charge in [0, 0.05) is 27.5 Å². The minimum absolute atomic E-state index is 0.158. The quantitative estimate of drug-likeness (QED) is 0.566. The summed E-state index contributed by atoms with van der Waals surface area (Å²) in [7, 11) is 0. The van der Waals surface area contributed by atoms with Gasteiger partial charge in [-0.1, -0.05) is 22.0 Å². The van der Waals surface area contributed by atoms with Gasteiger partial charge in [-0.2, -0.15) is 0 Å². The van der Waals surface area contributed by atoms with E-state index in [1.807, 2.05) is 12.1 Å². The number of nitrogens with one attached hydrogen (secondary N) is 4. The van der Waals surface area contributed by atoms with Gasteiger partial charge in [-0.25, -0.2) is 4.79 Å². The molecule has 0 aliphatic heterocycles. The van der Waals surface area contributed by atoms with Gasteiger partial charge in [-0.15, -0.1) is 0 Å². The third kappa shape index (κ3) is 6.10. The average Bonchev–Trinajstić information content (AvgIpc) is 3.45. The van der Waals surface area contributed by atoms with Crippen LogP contribution in [0, 0.1) is 0 Å². The molecule has 0 bridgehead atoms. The molecule has 7 nitrogen and oxygen atoms in total. The van der Waals surface area contributed by atoms with Gasteiger partial charge in [-0.05, 0) is 55.3 Å². The minimum atomic E-state index is -0.396. The Morgan fingerprint density at radius 2 is 1.70 bits per heavy atom. The van der Waals surface area contributed by atoms with Gasteiger partial charge in [-0.3, -0.25) is 9.59 Å². The highest BCUT2D eigenvalue weighted by atomic mass is 79.9. The first-order valence-electron chi connectivity index (χ1n) is 8.51. The van der Waals surface area contributed by atoms with Gasteiger partial charge in [0.05, 0.1) is 6.54 Å². The number of urea groups is 1. The summed E-state index contributed by atoms with van der Waals surface area (Å²) in [5, 5.41) is 10.8. The Morgan fingerprint density at radius 3 is 2.41 bits per heavy atom. The van der Waals surface area contributed by atoms with E-state index in [0.29, 0.717) is 16.9 Å². The van der Waals surface area contributed by atoms with Crippen molar-refractivity contribution in [3.05, 3.63) is 58.6 Å². The van der Waals surface area contributed by atoms with E-state index in [1.165, 1.54) is 0 Å². The third-order valence-corrected chi connectivity index (χ3v) is 4.36. The van der Waals surface area contributed by atoms with Crippen LogP contribution in [-0.2, 0) is 4.79 Å². The van der Waals surface area contributed by atoms with Gasteiger partial charge in [0.15, 0.2) is 0 Å². The molecule has 4 amide bonds. The Labute approximate surface area is 165 Å². The van der Waals surface area contributed by atoms with Crippen LogP contribution in [0.3, 0.4) is 0 Å². The van der Waals surface area contributed by atoms with Crippen LogP contribution >= 0.6 is 15.9 Å². The van der Waals surface area contributed by atoms with Crippen molar-refractivity contribution in [1.82, 2.24) is 10.6 Å². The summed E-state index contributed by atoms with van der Waals surface area (Å²) in [4.78, 5) is 36.0. The van der Waals surface area contributed by atoms with Crippen LogP contribution in [0.25, 0.3) is 0 Å². The Kier molecular flexibility index (Phi) is 6.08. The maximum atomic E-state index is 12.2. The van der Waals surface area contributed by atoms with Crippen molar-refractivity contribution in [2.75, 3.05) is 17.2 Å². The zero-order valence-electron chi connectivity index (χ0n) is 14.4. The van der Waals surface area contributed by atoms with Gasteiger partial charge < -0.3 is 21.3 Å². The normalized spacial score (nSPS) is 12.8. The molecule has 4 N–H and O–H groups in total. The number of benzene rings is 2.